The largest absolute Gasteiger partial charge is 0.490 e. The lowest BCUT2D eigenvalue weighted by Crippen LogP contribution is -2.57. The molecule has 0 aliphatic carbocycles. The highest BCUT2D eigenvalue weighted by Gasteiger charge is 2.68. The van der Waals surface area contributed by atoms with E-state index in [9.17, 15) is 32.3 Å². The van der Waals surface area contributed by atoms with Gasteiger partial charge in [0.1, 0.15) is 5.54 Å². The molecule has 44 heavy (non-hydrogen) atoms. The molecular weight excluding hydrogens is 601 g/mol. The van der Waals surface area contributed by atoms with E-state index in [0.29, 0.717) is 5.56 Å². The van der Waals surface area contributed by atoms with Crippen LogP contribution in [0.15, 0.2) is 66.0 Å². The van der Waals surface area contributed by atoms with Crippen LogP contribution in [-0.4, -0.2) is 64.9 Å². The van der Waals surface area contributed by atoms with E-state index in [1.807, 2.05) is 66.0 Å². The van der Waals surface area contributed by atoms with E-state index in [1.54, 1.807) is 13.8 Å². The predicted octanol–water partition coefficient (Wildman–Crippen LogP) is 4.67. The molecule has 2 aromatic carbocycles. The lowest BCUT2D eigenvalue weighted by Gasteiger charge is -2.32. The van der Waals surface area contributed by atoms with Crippen LogP contribution in [0.25, 0.3) is 10.4 Å². The number of aliphatic carboxylic acids is 1. The highest BCUT2D eigenvalue weighted by Crippen LogP contribution is 2.50. The average molecular weight is 631 g/mol. The Morgan fingerprint density at radius 3 is 2.16 bits per heavy atom. The van der Waals surface area contributed by atoms with Gasteiger partial charge in [0.05, 0.1) is 18.9 Å². The molecule has 1 aromatic heterocycles. The molecule has 232 valence electrons. The number of nitrogens with zero attached hydrogens (tertiary/aromatic N) is 1. The van der Waals surface area contributed by atoms with E-state index in [1.165, 1.54) is 23.3 Å². The highest BCUT2D eigenvalue weighted by molar-refractivity contribution is 7.13. The Balaban J connectivity index is 0.000000566. The Labute approximate surface area is 254 Å². The Hall–Kier alpha value is -4.36. The molecule has 2 N–H and O–H groups in total. The number of benzene rings is 2. The number of thiophene rings is 1. The number of ketones is 1. The number of nitrogens with one attached hydrogen (secondary N) is 1. The standard InChI is InChI=1S/C29H28N2O5S.C2HF3O2/c1-4-31-26(33)23-24(27(31)34)29(28(35)36-3,15-18-8-6-5-7-9-18)30-25(23)20-12-10-19(11-13-20)22-14-21(16-37-22)17(2)32;3-2(4,5)1(6)7/h5-14,16,23-25,30H,4,15H2,1-3H3;(H,6,7)/t23?,24?,25?,29-;/m1./s1. The van der Waals surface area contributed by atoms with Crippen LogP contribution < -0.4 is 5.32 Å². The number of carboxylic acids is 1. The first-order valence-electron chi connectivity index (χ1n) is 13.5. The maximum atomic E-state index is 13.6. The summed E-state index contributed by atoms with van der Waals surface area (Å²) in [6, 6.07) is 18.5. The van der Waals surface area contributed by atoms with Gasteiger partial charge in [0.25, 0.3) is 0 Å². The zero-order chi connectivity index (χ0) is 32.4. The molecule has 2 fully saturated rings. The molecule has 2 saturated heterocycles. The number of alkyl halides is 3. The van der Waals surface area contributed by atoms with Crippen LogP contribution in [0, 0.1) is 11.8 Å². The summed E-state index contributed by atoms with van der Waals surface area (Å²) in [6.07, 6.45) is -4.87. The average Bonchev–Trinajstić information content (AvgIpc) is 3.68. The van der Waals surface area contributed by atoms with E-state index < -0.39 is 41.5 Å². The number of hydrogen-bond donors (Lipinski definition) is 2. The summed E-state index contributed by atoms with van der Waals surface area (Å²) in [7, 11) is 1.31. The van der Waals surface area contributed by atoms with Crippen molar-refractivity contribution in [1.29, 1.82) is 0 Å². The fourth-order valence-corrected chi connectivity index (χ4v) is 6.67. The van der Waals surface area contributed by atoms with E-state index in [-0.39, 0.29) is 30.6 Å². The first kappa shape index (κ1) is 32.6. The lowest BCUT2D eigenvalue weighted by molar-refractivity contribution is -0.192. The number of imide groups is 1. The van der Waals surface area contributed by atoms with Gasteiger partial charge in [0, 0.05) is 34.8 Å². The van der Waals surface area contributed by atoms with E-state index in [4.69, 9.17) is 14.6 Å². The number of likely N-dealkylation sites (tertiary alicyclic amines) is 1. The lowest BCUT2D eigenvalue weighted by atomic mass is 9.76. The van der Waals surface area contributed by atoms with E-state index in [0.717, 1.165) is 21.6 Å². The van der Waals surface area contributed by atoms with Crippen LogP contribution in [-0.2, 0) is 30.3 Å². The number of Topliss-reactive ketones (excluding diaryl/α,β-unsaturated/α-hetero) is 1. The second kappa shape index (κ2) is 12.7. The monoisotopic (exact) mass is 630 g/mol. The topological polar surface area (TPSA) is 130 Å². The van der Waals surface area contributed by atoms with Crippen LogP contribution in [0.4, 0.5) is 13.2 Å². The van der Waals surface area contributed by atoms with Crippen LogP contribution >= 0.6 is 11.3 Å². The molecule has 5 rings (SSSR count). The fraction of sp³-hybridized carbons (Fsp3) is 0.323. The number of methoxy groups -OCH3 is 1. The Morgan fingerprint density at radius 2 is 1.66 bits per heavy atom. The molecule has 4 atom stereocenters. The van der Waals surface area contributed by atoms with E-state index >= 15 is 0 Å². The molecular formula is C31H29F3N2O7S. The minimum Gasteiger partial charge on any atom is -0.475 e. The van der Waals surface area contributed by atoms with Gasteiger partial charge in [0.15, 0.2) is 5.78 Å². The van der Waals surface area contributed by atoms with Gasteiger partial charge in [-0.1, -0.05) is 54.6 Å². The molecule has 13 heteroatoms. The van der Waals surface area contributed by atoms with Gasteiger partial charge in [-0.05, 0) is 36.6 Å². The second-order valence-electron chi connectivity index (χ2n) is 10.4. The fourth-order valence-electron chi connectivity index (χ4n) is 5.71. The number of hydrogen-bond acceptors (Lipinski definition) is 8. The molecule has 0 saturated carbocycles. The van der Waals surface area contributed by atoms with Crippen LogP contribution in [0.2, 0.25) is 0 Å². The van der Waals surface area contributed by atoms with Crippen molar-refractivity contribution in [3.05, 3.63) is 82.7 Å². The summed E-state index contributed by atoms with van der Waals surface area (Å²) < 4.78 is 37.0. The van der Waals surface area contributed by atoms with Crippen molar-refractivity contribution in [2.24, 2.45) is 11.8 Å². The third-order valence-corrected chi connectivity index (χ3v) is 8.72. The van der Waals surface area contributed by atoms with Crippen molar-refractivity contribution in [2.75, 3.05) is 13.7 Å². The number of fused-ring (bicyclic) bond motifs is 1. The molecule has 3 unspecified atom stereocenters. The molecule has 2 amide bonds. The van der Waals surface area contributed by atoms with Gasteiger partial charge in [-0.2, -0.15) is 13.2 Å². The zero-order valence-corrected chi connectivity index (χ0v) is 24.7. The Morgan fingerprint density at radius 1 is 1.05 bits per heavy atom. The number of ether oxygens (including phenoxy) is 1. The first-order valence-corrected chi connectivity index (χ1v) is 14.4. The zero-order valence-electron chi connectivity index (χ0n) is 23.9. The van der Waals surface area contributed by atoms with Gasteiger partial charge >= 0.3 is 18.1 Å². The Bertz CT molecular complexity index is 1570. The number of rotatable bonds is 7. The SMILES string of the molecule is CCN1C(=O)C2C(c3ccc(-c4cc(C(C)=O)cs4)cc3)N[C@@](Cc3ccccc3)(C(=O)OC)C2C1=O.O=C(O)C(F)(F)F. The summed E-state index contributed by atoms with van der Waals surface area (Å²) in [5.74, 6) is -5.53. The number of carboxylic acid groups (broad SMARTS) is 1. The molecule has 0 spiro atoms. The van der Waals surface area contributed by atoms with Crippen molar-refractivity contribution >= 4 is 40.9 Å². The van der Waals surface area contributed by atoms with Crippen molar-refractivity contribution in [1.82, 2.24) is 10.2 Å². The highest BCUT2D eigenvalue weighted by atomic mass is 32.1. The summed E-state index contributed by atoms with van der Waals surface area (Å²) in [5, 5.41) is 12.4. The third-order valence-electron chi connectivity index (χ3n) is 7.74. The minimum atomic E-state index is -5.08. The smallest absolute Gasteiger partial charge is 0.475 e. The van der Waals surface area contributed by atoms with Crippen LogP contribution in [0.3, 0.4) is 0 Å². The summed E-state index contributed by atoms with van der Waals surface area (Å²) in [6.45, 7) is 3.55. The van der Waals surface area contributed by atoms with Gasteiger partial charge < -0.3 is 9.84 Å². The van der Waals surface area contributed by atoms with Gasteiger partial charge in [-0.3, -0.25) is 29.4 Å². The normalized spacial score (nSPS) is 22.7. The van der Waals surface area contributed by atoms with Crippen LogP contribution in [0.1, 0.15) is 41.4 Å². The predicted molar refractivity (Wildman–Crippen MR) is 154 cm³/mol. The molecule has 3 aromatic rings. The summed E-state index contributed by atoms with van der Waals surface area (Å²) >= 11 is 1.49. The maximum absolute atomic E-state index is 13.6. The molecule has 0 bridgehead atoms. The summed E-state index contributed by atoms with van der Waals surface area (Å²) in [5.41, 5.74) is 1.90. The number of carbonyl (C=O) groups excluding carboxylic acids is 4. The van der Waals surface area contributed by atoms with Crippen LogP contribution in [0.5, 0.6) is 0 Å². The Kier molecular flexibility index (Phi) is 9.40. The van der Waals surface area contributed by atoms with E-state index in [2.05, 4.69) is 5.32 Å². The minimum absolute atomic E-state index is 0.0165. The third kappa shape index (κ3) is 6.15. The number of amides is 2. The number of halogens is 3. The number of esters is 1. The van der Waals surface area contributed by atoms with Gasteiger partial charge in [-0.25, -0.2) is 4.79 Å². The molecule has 2 aliphatic rings. The molecule has 2 aliphatic heterocycles. The van der Waals surface area contributed by atoms with Crippen molar-refractivity contribution in [3.63, 3.8) is 0 Å². The van der Waals surface area contributed by atoms with Gasteiger partial charge in [0.2, 0.25) is 11.8 Å². The number of carbonyl (C=O) groups is 5. The second-order valence-corrected chi connectivity index (χ2v) is 11.3. The van der Waals surface area contributed by atoms with Crippen molar-refractivity contribution in [2.45, 2.75) is 38.0 Å². The summed E-state index contributed by atoms with van der Waals surface area (Å²) in [4.78, 5) is 63.3. The maximum Gasteiger partial charge on any atom is 0.490 e. The van der Waals surface area contributed by atoms with Crippen molar-refractivity contribution in [3.8, 4) is 10.4 Å². The molecule has 0 radical (unpaired) electrons. The first-order chi connectivity index (χ1) is 20.7. The quantitative estimate of drug-likeness (QED) is 0.219. The van der Waals surface area contributed by atoms with Crippen molar-refractivity contribution < 1.29 is 47.0 Å². The molecule has 3 heterocycles. The molecule has 9 nitrogen and oxygen atoms in total. The van der Waals surface area contributed by atoms with Gasteiger partial charge in [-0.15, -0.1) is 11.3 Å².